The summed E-state index contributed by atoms with van der Waals surface area (Å²) in [4.78, 5) is 24.1. The second-order valence-corrected chi connectivity index (χ2v) is 5.11. The van der Waals surface area contributed by atoms with Gasteiger partial charge in [0, 0.05) is 6.07 Å². The van der Waals surface area contributed by atoms with Gasteiger partial charge < -0.3 is 10.1 Å². The molecule has 0 aliphatic heterocycles. The van der Waals surface area contributed by atoms with E-state index in [0.29, 0.717) is 26.3 Å². The van der Waals surface area contributed by atoms with Gasteiger partial charge >= 0.3 is 5.97 Å². The highest BCUT2D eigenvalue weighted by Gasteiger charge is 2.11. The Morgan fingerprint density at radius 2 is 2.28 bits per heavy atom. The van der Waals surface area contributed by atoms with E-state index in [-0.39, 0.29) is 0 Å². The second kappa shape index (κ2) is 5.40. The molecule has 0 bridgehead atoms. The van der Waals surface area contributed by atoms with Gasteiger partial charge in [-0.25, -0.2) is 19.7 Å². The molecule has 0 radical (unpaired) electrons. The highest BCUT2D eigenvalue weighted by molar-refractivity contribution is 9.10. The predicted octanol–water partition coefficient (Wildman–Crippen LogP) is 2.53. The van der Waals surface area contributed by atoms with Crippen LogP contribution in [0, 0.1) is 6.92 Å². The first kappa shape index (κ1) is 12.9. The summed E-state index contributed by atoms with van der Waals surface area (Å²) >= 11 is 4.48. The van der Waals surface area contributed by atoms with E-state index in [2.05, 4.69) is 40.9 Å². The topological polar surface area (TPSA) is 77.0 Å². The third-order valence-corrected chi connectivity index (χ3v) is 3.23. The third kappa shape index (κ3) is 3.02. The van der Waals surface area contributed by atoms with Crippen molar-refractivity contribution in [1.29, 1.82) is 0 Å². The van der Waals surface area contributed by atoms with Gasteiger partial charge in [-0.1, -0.05) is 11.3 Å². The first-order chi connectivity index (χ1) is 8.58. The molecule has 0 spiro atoms. The molecule has 0 aliphatic rings. The number of rotatable bonds is 3. The summed E-state index contributed by atoms with van der Waals surface area (Å²) in [6, 6.07) is 1.73. The van der Waals surface area contributed by atoms with Gasteiger partial charge in [-0.15, -0.1) is 0 Å². The fraction of sp³-hybridized carbons (Fsp3) is 0.200. The fourth-order valence-electron chi connectivity index (χ4n) is 1.23. The largest absolute Gasteiger partial charge is 0.465 e. The minimum Gasteiger partial charge on any atom is -0.465 e. The molecule has 1 N–H and O–H groups in total. The van der Waals surface area contributed by atoms with Crippen molar-refractivity contribution in [3.63, 3.8) is 0 Å². The van der Waals surface area contributed by atoms with Crippen molar-refractivity contribution in [2.45, 2.75) is 6.92 Å². The Labute approximate surface area is 116 Å². The molecule has 0 unspecified atom stereocenters. The molecule has 8 heteroatoms. The summed E-state index contributed by atoms with van der Waals surface area (Å²) < 4.78 is 5.29. The Morgan fingerprint density at radius 3 is 2.94 bits per heavy atom. The van der Waals surface area contributed by atoms with Gasteiger partial charge in [0.05, 0.1) is 13.3 Å². The number of thiazole rings is 1. The minimum atomic E-state index is -0.402. The Hall–Kier alpha value is -1.54. The van der Waals surface area contributed by atoms with E-state index in [1.54, 1.807) is 13.0 Å². The lowest BCUT2D eigenvalue weighted by molar-refractivity contribution is 0.0606. The summed E-state index contributed by atoms with van der Waals surface area (Å²) in [7, 11) is 1.33. The molecule has 2 heterocycles. The molecule has 0 aromatic carbocycles. The summed E-state index contributed by atoms with van der Waals surface area (Å²) in [5.41, 5.74) is 0. The SMILES string of the molecule is COC(=O)c1cnc(Nc2cc(Br)nc(C)n2)s1. The zero-order valence-electron chi connectivity index (χ0n) is 9.60. The minimum absolute atomic E-state index is 0.402. The molecule has 2 aromatic heterocycles. The van der Waals surface area contributed by atoms with E-state index in [0.717, 1.165) is 0 Å². The maximum atomic E-state index is 11.3. The van der Waals surface area contributed by atoms with Gasteiger partial charge in [0.1, 0.15) is 21.1 Å². The predicted molar refractivity (Wildman–Crippen MR) is 71.2 cm³/mol. The van der Waals surface area contributed by atoms with Gasteiger partial charge in [0.15, 0.2) is 5.13 Å². The second-order valence-electron chi connectivity index (χ2n) is 3.27. The number of hydrogen-bond acceptors (Lipinski definition) is 7. The van der Waals surface area contributed by atoms with Crippen LogP contribution < -0.4 is 5.32 Å². The summed E-state index contributed by atoms with van der Waals surface area (Å²) in [6.45, 7) is 1.79. The van der Waals surface area contributed by atoms with Gasteiger partial charge in [0.2, 0.25) is 0 Å². The van der Waals surface area contributed by atoms with Gasteiger partial charge in [-0.05, 0) is 22.9 Å². The molecule has 0 saturated carbocycles. The molecule has 0 atom stereocenters. The molecule has 0 fully saturated rings. The van der Waals surface area contributed by atoms with Crippen LogP contribution in [0.2, 0.25) is 0 Å². The number of nitrogens with zero attached hydrogens (tertiary/aromatic N) is 3. The van der Waals surface area contributed by atoms with Gasteiger partial charge in [0.25, 0.3) is 0 Å². The van der Waals surface area contributed by atoms with E-state index in [4.69, 9.17) is 0 Å². The van der Waals surface area contributed by atoms with Crippen molar-refractivity contribution >= 4 is 44.2 Å². The number of methoxy groups -OCH3 is 1. The average molecular weight is 329 g/mol. The number of halogens is 1. The monoisotopic (exact) mass is 328 g/mol. The number of carbonyl (C=O) groups is 1. The number of aryl methyl sites for hydroxylation is 1. The molecular formula is C10H9BrN4O2S. The Bertz CT molecular complexity index is 567. The first-order valence-corrected chi connectivity index (χ1v) is 6.52. The van der Waals surface area contributed by atoms with Crippen molar-refractivity contribution in [1.82, 2.24) is 15.0 Å². The lowest BCUT2D eigenvalue weighted by atomic mass is 10.5. The van der Waals surface area contributed by atoms with Crippen LogP contribution in [0.4, 0.5) is 10.9 Å². The highest BCUT2D eigenvalue weighted by Crippen LogP contribution is 2.23. The van der Waals surface area contributed by atoms with Gasteiger partial charge in [-0.2, -0.15) is 0 Å². The molecule has 2 aromatic rings. The first-order valence-electron chi connectivity index (χ1n) is 4.91. The Kier molecular flexibility index (Phi) is 3.87. The molecule has 6 nitrogen and oxygen atoms in total. The molecule has 0 saturated heterocycles. The van der Waals surface area contributed by atoms with E-state index in [9.17, 15) is 4.79 Å². The molecule has 18 heavy (non-hydrogen) atoms. The maximum absolute atomic E-state index is 11.3. The van der Waals surface area contributed by atoms with Crippen molar-refractivity contribution in [3.05, 3.63) is 27.6 Å². The van der Waals surface area contributed by atoms with E-state index >= 15 is 0 Å². The average Bonchev–Trinajstić information content (AvgIpc) is 2.75. The fourth-order valence-corrected chi connectivity index (χ4v) is 2.45. The lowest BCUT2D eigenvalue weighted by Gasteiger charge is -2.02. The van der Waals surface area contributed by atoms with Crippen molar-refractivity contribution in [2.24, 2.45) is 0 Å². The molecular weight excluding hydrogens is 320 g/mol. The lowest BCUT2D eigenvalue weighted by Crippen LogP contribution is -1.97. The smallest absolute Gasteiger partial charge is 0.349 e. The van der Waals surface area contributed by atoms with Gasteiger partial charge in [-0.3, -0.25) is 0 Å². The number of nitrogens with one attached hydrogen (secondary N) is 1. The summed E-state index contributed by atoms with van der Waals surface area (Å²) in [5, 5.41) is 3.57. The zero-order chi connectivity index (χ0) is 13.1. The van der Waals surface area contributed by atoms with Crippen LogP contribution in [0.25, 0.3) is 0 Å². The number of ether oxygens (including phenoxy) is 1. The zero-order valence-corrected chi connectivity index (χ0v) is 12.0. The van der Waals surface area contributed by atoms with Crippen LogP contribution >= 0.6 is 27.3 Å². The van der Waals surface area contributed by atoms with Crippen molar-refractivity contribution < 1.29 is 9.53 Å². The number of hydrogen-bond donors (Lipinski definition) is 1. The molecule has 0 aliphatic carbocycles. The van der Waals surface area contributed by atoms with E-state index < -0.39 is 5.97 Å². The van der Waals surface area contributed by atoms with Crippen molar-refractivity contribution in [3.8, 4) is 0 Å². The van der Waals surface area contributed by atoms with Crippen molar-refractivity contribution in [2.75, 3.05) is 12.4 Å². The van der Waals surface area contributed by atoms with Crippen LogP contribution in [-0.2, 0) is 4.74 Å². The number of aromatic nitrogens is 3. The molecule has 2 rings (SSSR count). The number of anilines is 2. The normalized spacial score (nSPS) is 10.2. The van der Waals surface area contributed by atoms with E-state index in [1.807, 2.05) is 0 Å². The number of carbonyl (C=O) groups excluding carboxylic acids is 1. The highest BCUT2D eigenvalue weighted by atomic mass is 79.9. The maximum Gasteiger partial charge on any atom is 0.349 e. The van der Waals surface area contributed by atoms with Crippen LogP contribution in [0.1, 0.15) is 15.5 Å². The molecule has 94 valence electrons. The third-order valence-electron chi connectivity index (χ3n) is 1.93. The van der Waals surface area contributed by atoms with Crippen LogP contribution in [0.5, 0.6) is 0 Å². The van der Waals surface area contributed by atoms with E-state index in [1.165, 1.54) is 24.6 Å². The van der Waals surface area contributed by atoms with Crippen LogP contribution in [0.15, 0.2) is 16.9 Å². The van der Waals surface area contributed by atoms with Crippen LogP contribution in [0.3, 0.4) is 0 Å². The summed E-state index contributed by atoms with van der Waals surface area (Å²) in [5.74, 6) is 0.845. The van der Waals surface area contributed by atoms with Crippen LogP contribution in [-0.4, -0.2) is 28.0 Å². The summed E-state index contributed by atoms with van der Waals surface area (Å²) in [6.07, 6.45) is 1.46. The number of esters is 1. The Morgan fingerprint density at radius 1 is 1.50 bits per heavy atom. The molecule has 0 amide bonds. The Balaban J connectivity index is 2.18. The standard InChI is InChI=1S/C10H9BrN4O2S/c1-5-13-7(11)3-8(14-5)15-10-12-4-6(18-10)9(16)17-2/h3-4H,1-2H3,(H,12,13,14,15). The quantitative estimate of drug-likeness (QED) is 0.689.